The van der Waals surface area contributed by atoms with Crippen LogP contribution in [0.1, 0.15) is 59.8 Å². The van der Waals surface area contributed by atoms with Crippen molar-refractivity contribution in [2.24, 2.45) is 0 Å². The van der Waals surface area contributed by atoms with Crippen LogP contribution in [0.5, 0.6) is 0 Å². The second kappa shape index (κ2) is 11.7. The van der Waals surface area contributed by atoms with Crippen molar-refractivity contribution in [1.29, 1.82) is 0 Å². The highest BCUT2D eigenvalue weighted by Crippen LogP contribution is 2.09. The highest BCUT2D eigenvalue weighted by atomic mass is 32.2. The van der Waals surface area contributed by atoms with Gasteiger partial charge in [0, 0.05) is 0 Å². The molecule has 0 aliphatic carbocycles. The third-order valence-corrected chi connectivity index (χ3v) is 6.21. The molecule has 0 saturated carbocycles. The van der Waals surface area contributed by atoms with Crippen LogP contribution in [-0.4, -0.2) is 39.8 Å². The van der Waals surface area contributed by atoms with Crippen LogP contribution in [0.4, 0.5) is 0 Å². The van der Waals surface area contributed by atoms with Crippen molar-refractivity contribution >= 4 is 19.7 Å². The van der Waals surface area contributed by atoms with Crippen LogP contribution >= 0.6 is 0 Å². The fourth-order valence-electron chi connectivity index (χ4n) is 1.67. The highest BCUT2D eigenvalue weighted by Gasteiger charge is 2.16. The molecule has 0 N–H and O–H groups in total. The molecule has 0 amide bonds. The first-order valence-electron chi connectivity index (χ1n) is 7.32. The Morgan fingerprint density at radius 2 is 0.684 bits per heavy atom. The first kappa shape index (κ1) is 21.2. The lowest BCUT2D eigenvalue weighted by molar-refractivity contribution is 0.575. The molecule has 0 unspecified atom stereocenters. The molecule has 2 rings (SSSR count). The van der Waals surface area contributed by atoms with E-state index < -0.39 is 19.7 Å². The Morgan fingerprint density at radius 1 is 0.474 bits per heavy atom. The smallest absolute Gasteiger partial charge is 0.150 e. The fraction of sp³-hybridized carbons (Fsp3) is 1.00. The van der Waals surface area contributed by atoms with E-state index in [9.17, 15) is 16.8 Å². The van der Waals surface area contributed by atoms with Gasteiger partial charge in [0.1, 0.15) is 19.7 Å². The summed E-state index contributed by atoms with van der Waals surface area (Å²) in [5.41, 5.74) is 0. The standard InChI is InChI=1S/C5H10O2S.C4H8O2S.2C2H6/c6-8(7)4-2-1-3-5-8;5-7(6)3-1-2-4-7;2*1-2/h1-5H2;1-4H2;2*1-2H3. The van der Waals surface area contributed by atoms with Gasteiger partial charge in [-0.25, -0.2) is 16.8 Å². The molecule has 0 spiro atoms. The monoisotopic (exact) mass is 314 g/mol. The maximum atomic E-state index is 10.7. The van der Waals surface area contributed by atoms with Gasteiger partial charge in [-0.2, -0.15) is 0 Å². The molecule has 0 bridgehead atoms. The summed E-state index contributed by atoms with van der Waals surface area (Å²) in [6.07, 6.45) is 4.61. The molecule has 118 valence electrons. The van der Waals surface area contributed by atoms with E-state index in [-0.39, 0.29) is 0 Å². The van der Waals surface area contributed by atoms with Crippen LogP contribution < -0.4 is 0 Å². The lowest BCUT2D eigenvalue weighted by atomic mass is 10.3. The first-order valence-corrected chi connectivity index (χ1v) is 11.0. The third-order valence-electron chi connectivity index (χ3n) is 2.57. The molecule has 2 aliphatic rings. The first-order chi connectivity index (χ1) is 8.91. The lowest BCUT2D eigenvalue weighted by Gasteiger charge is -2.08. The van der Waals surface area contributed by atoms with Gasteiger partial charge >= 0.3 is 0 Å². The molecular weight excluding hydrogens is 284 g/mol. The Morgan fingerprint density at radius 3 is 0.842 bits per heavy atom. The van der Waals surface area contributed by atoms with Crippen LogP contribution in [0.25, 0.3) is 0 Å². The predicted molar refractivity (Wildman–Crippen MR) is 83.1 cm³/mol. The molecular formula is C13H30O4S2. The Labute approximate surface area is 119 Å². The summed E-state index contributed by atoms with van der Waals surface area (Å²) in [6.45, 7) is 8.00. The number of sulfone groups is 2. The van der Waals surface area contributed by atoms with Gasteiger partial charge in [0.05, 0.1) is 23.0 Å². The molecule has 2 heterocycles. The van der Waals surface area contributed by atoms with Gasteiger partial charge in [-0.3, -0.25) is 0 Å². The predicted octanol–water partition coefficient (Wildman–Crippen LogP) is 2.83. The normalized spacial score (nSPS) is 22.5. The number of hydrogen-bond donors (Lipinski definition) is 0. The highest BCUT2D eigenvalue weighted by molar-refractivity contribution is 7.91. The van der Waals surface area contributed by atoms with Crippen molar-refractivity contribution in [3.05, 3.63) is 0 Å². The average Bonchev–Trinajstić information content (AvgIpc) is 2.79. The van der Waals surface area contributed by atoms with Crippen molar-refractivity contribution < 1.29 is 16.8 Å². The molecule has 0 aromatic carbocycles. The van der Waals surface area contributed by atoms with Crippen molar-refractivity contribution in [3.8, 4) is 0 Å². The summed E-state index contributed by atoms with van der Waals surface area (Å²) in [5, 5.41) is 0. The summed E-state index contributed by atoms with van der Waals surface area (Å²) >= 11 is 0. The van der Waals surface area contributed by atoms with Crippen molar-refractivity contribution in [1.82, 2.24) is 0 Å². The second-order valence-electron chi connectivity index (χ2n) is 4.07. The molecule has 4 nitrogen and oxygen atoms in total. The van der Waals surface area contributed by atoms with Crippen molar-refractivity contribution in [2.75, 3.05) is 23.0 Å². The zero-order chi connectivity index (χ0) is 15.4. The maximum Gasteiger partial charge on any atom is 0.150 e. The zero-order valence-electron chi connectivity index (χ0n) is 12.8. The molecule has 2 fully saturated rings. The molecule has 0 aromatic rings. The van der Waals surface area contributed by atoms with Crippen LogP contribution in [0.15, 0.2) is 0 Å². The van der Waals surface area contributed by atoms with Crippen molar-refractivity contribution in [2.45, 2.75) is 59.8 Å². The summed E-state index contributed by atoms with van der Waals surface area (Å²) in [7, 11) is -5.13. The quantitative estimate of drug-likeness (QED) is 0.689. The Bertz CT molecular complexity index is 359. The Balaban J connectivity index is 0. The Hall–Kier alpha value is -0.100. The molecule has 6 heteroatoms. The van der Waals surface area contributed by atoms with Gasteiger partial charge in [0.15, 0.2) is 0 Å². The topological polar surface area (TPSA) is 68.3 Å². The van der Waals surface area contributed by atoms with E-state index in [0.717, 1.165) is 32.1 Å². The van der Waals surface area contributed by atoms with Crippen molar-refractivity contribution in [3.63, 3.8) is 0 Å². The summed E-state index contributed by atoms with van der Waals surface area (Å²) in [6, 6.07) is 0. The fourth-order valence-corrected chi connectivity index (χ4v) is 4.65. The Kier molecular flexibility index (Phi) is 13.1. The third kappa shape index (κ3) is 12.7. The van der Waals surface area contributed by atoms with Gasteiger partial charge in [-0.05, 0) is 25.7 Å². The number of hydrogen-bond acceptors (Lipinski definition) is 4. The van der Waals surface area contributed by atoms with Crippen LogP contribution in [0, 0.1) is 0 Å². The average molecular weight is 315 g/mol. The summed E-state index contributed by atoms with van der Waals surface area (Å²) in [4.78, 5) is 0. The van der Waals surface area contributed by atoms with E-state index in [0.29, 0.717) is 23.0 Å². The molecule has 0 atom stereocenters. The molecule has 2 aliphatic heterocycles. The largest absolute Gasteiger partial charge is 0.229 e. The molecule has 0 radical (unpaired) electrons. The van der Waals surface area contributed by atoms with E-state index in [2.05, 4.69) is 0 Å². The van der Waals surface area contributed by atoms with E-state index in [4.69, 9.17) is 0 Å². The minimum absolute atomic E-state index is 0.424. The van der Waals surface area contributed by atoms with E-state index in [1.165, 1.54) is 0 Å². The maximum absolute atomic E-state index is 10.7. The number of rotatable bonds is 0. The van der Waals surface area contributed by atoms with E-state index in [1.807, 2.05) is 27.7 Å². The minimum atomic E-state index is -2.58. The van der Waals surface area contributed by atoms with Crippen LogP contribution in [0.3, 0.4) is 0 Å². The van der Waals surface area contributed by atoms with E-state index >= 15 is 0 Å². The molecule has 19 heavy (non-hydrogen) atoms. The van der Waals surface area contributed by atoms with Gasteiger partial charge in [0.25, 0.3) is 0 Å². The van der Waals surface area contributed by atoms with Crippen LogP contribution in [-0.2, 0) is 19.7 Å². The van der Waals surface area contributed by atoms with Crippen LogP contribution in [0.2, 0.25) is 0 Å². The summed E-state index contributed by atoms with van der Waals surface area (Å²) in [5.74, 6) is 1.69. The van der Waals surface area contributed by atoms with E-state index in [1.54, 1.807) is 0 Å². The SMILES string of the molecule is CC.CC.O=S1(=O)CCCC1.O=S1(=O)CCCCC1. The van der Waals surface area contributed by atoms with Gasteiger partial charge in [-0.1, -0.05) is 34.1 Å². The van der Waals surface area contributed by atoms with Gasteiger partial charge < -0.3 is 0 Å². The van der Waals surface area contributed by atoms with Gasteiger partial charge in [-0.15, -0.1) is 0 Å². The molecule has 0 aromatic heterocycles. The van der Waals surface area contributed by atoms with Gasteiger partial charge in [0.2, 0.25) is 0 Å². The summed E-state index contributed by atoms with van der Waals surface area (Å²) < 4.78 is 42.2. The lowest BCUT2D eigenvalue weighted by Crippen LogP contribution is -2.15. The molecule has 2 saturated heterocycles. The zero-order valence-corrected chi connectivity index (χ0v) is 14.4. The minimum Gasteiger partial charge on any atom is -0.229 e. The second-order valence-corrected chi connectivity index (χ2v) is 8.68.